The topological polar surface area (TPSA) is 91.7 Å². The van der Waals surface area contributed by atoms with E-state index in [1.807, 2.05) is 13.2 Å². The summed E-state index contributed by atoms with van der Waals surface area (Å²) in [6.07, 6.45) is 7.66. The van der Waals surface area contributed by atoms with Crippen molar-refractivity contribution in [2.24, 2.45) is 22.7 Å². The van der Waals surface area contributed by atoms with Crippen LogP contribution in [0.3, 0.4) is 0 Å². The van der Waals surface area contributed by atoms with Crippen LogP contribution in [0.4, 0.5) is 0 Å². The Morgan fingerprint density at radius 2 is 1.89 bits per heavy atom. The van der Waals surface area contributed by atoms with E-state index in [-0.39, 0.29) is 35.2 Å². The van der Waals surface area contributed by atoms with E-state index in [1.54, 1.807) is 17.8 Å². The fourth-order valence-corrected chi connectivity index (χ4v) is 8.96. The number of aliphatic hydroxyl groups excluding tert-OH is 1. The minimum atomic E-state index is -1.63. The molecular weight excluding hydrogens is 376 g/mol. The van der Waals surface area contributed by atoms with Gasteiger partial charge in [-0.15, -0.1) is 11.8 Å². The van der Waals surface area contributed by atoms with Gasteiger partial charge in [0.1, 0.15) is 12.2 Å². The molecule has 4 aliphatic carbocycles. The predicted molar refractivity (Wildman–Crippen MR) is 107 cm³/mol. The van der Waals surface area contributed by atoms with E-state index in [0.29, 0.717) is 25.7 Å². The molecule has 28 heavy (non-hydrogen) atoms. The first-order valence-corrected chi connectivity index (χ1v) is 11.5. The van der Waals surface area contributed by atoms with Gasteiger partial charge in [0, 0.05) is 23.7 Å². The molecule has 6 atom stereocenters. The number of Topliss-reactive ketones (excluding diaryl/α,β-unsaturated/α-hetero) is 2. The molecule has 5 nitrogen and oxygen atoms in total. The third-order valence-corrected chi connectivity index (χ3v) is 10.5. The first-order chi connectivity index (χ1) is 13.1. The van der Waals surface area contributed by atoms with Crippen molar-refractivity contribution in [3.05, 3.63) is 11.6 Å². The number of hydrogen-bond donors (Lipinski definition) is 2. The molecule has 6 heteroatoms. The van der Waals surface area contributed by atoms with Gasteiger partial charge in [0.2, 0.25) is 0 Å². The van der Waals surface area contributed by atoms with Crippen LogP contribution in [0.1, 0.15) is 58.8 Å². The van der Waals surface area contributed by atoms with E-state index >= 15 is 0 Å². The second-order valence-electron chi connectivity index (χ2n) is 9.66. The number of fused-ring (bicyclic) bond motifs is 5. The van der Waals surface area contributed by atoms with Crippen LogP contribution in [0.25, 0.3) is 0 Å². The molecule has 0 aromatic rings. The normalized spacial score (nSPS) is 47.8. The Labute approximate surface area is 170 Å². The lowest BCUT2D eigenvalue weighted by molar-refractivity contribution is -0.167. The van der Waals surface area contributed by atoms with E-state index < -0.39 is 28.2 Å². The summed E-state index contributed by atoms with van der Waals surface area (Å²) in [6.45, 7) is 3.32. The monoisotopic (exact) mass is 406 g/mol. The van der Waals surface area contributed by atoms with Gasteiger partial charge in [0.15, 0.2) is 17.3 Å². The quantitative estimate of drug-likeness (QED) is 0.748. The molecule has 0 spiro atoms. The summed E-state index contributed by atoms with van der Waals surface area (Å²) in [5.41, 5.74) is -1.73. The molecule has 0 radical (unpaired) electrons. The SMILES string of the molecule is CS[C@]12C(=O)C[C@@]3(C)[C@@H](CC[C@@]3(O)C(=O)CO)[C@@H]1CCC1=CC(=O)CC[C@@]12C. The highest BCUT2D eigenvalue weighted by atomic mass is 32.2. The van der Waals surface area contributed by atoms with Crippen molar-refractivity contribution in [1.82, 2.24) is 0 Å². The van der Waals surface area contributed by atoms with Gasteiger partial charge in [-0.2, -0.15) is 0 Å². The summed E-state index contributed by atoms with van der Waals surface area (Å²) in [7, 11) is 0. The number of ketones is 3. The molecule has 0 saturated heterocycles. The lowest BCUT2D eigenvalue weighted by Gasteiger charge is -2.63. The van der Waals surface area contributed by atoms with Crippen molar-refractivity contribution in [1.29, 1.82) is 0 Å². The van der Waals surface area contributed by atoms with E-state index in [9.17, 15) is 24.6 Å². The lowest BCUT2D eigenvalue weighted by Crippen LogP contribution is -2.68. The van der Waals surface area contributed by atoms with Gasteiger partial charge in [-0.3, -0.25) is 14.4 Å². The van der Waals surface area contributed by atoms with Crippen molar-refractivity contribution in [2.75, 3.05) is 12.9 Å². The summed E-state index contributed by atoms with van der Waals surface area (Å²) in [6, 6.07) is 0. The number of thioether (sulfide) groups is 1. The largest absolute Gasteiger partial charge is 0.388 e. The maximum atomic E-state index is 13.9. The zero-order valence-electron chi connectivity index (χ0n) is 16.9. The van der Waals surface area contributed by atoms with Crippen molar-refractivity contribution < 1.29 is 24.6 Å². The molecule has 0 bridgehead atoms. The van der Waals surface area contributed by atoms with Crippen molar-refractivity contribution in [3.63, 3.8) is 0 Å². The van der Waals surface area contributed by atoms with E-state index in [4.69, 9.17) is 0 Å². The maximum Gasteiger partial charge on any atom is 0.190 e. The maximum absolute atomic E-state index is 13.9. The lowest BCUT2D eigenvalue weighted by atomic mass is 9.45. The summed E-state index contributed by atoms with van der Waals surface area (Å²) in [4.78, 5) is 38.4. The van der Waals surface area contributed by atoms with Crippen LogP contribution in [-0.2, 0) is 14.4 Å². The molecule has 0 aromatic carbocycles. The van der Waals surface area contributed by atoms with Crippen LogP contribution in [0.5, 0.6) is 0 Å². The fraction of sp³-hybridized carbons (Fsp3) is 0.773. The van der Waals surface area contributed by atoms with Gasteiger partial charge in [-0.1, -0.05) is 19.4 Å². The van der Waals surface area contributed by atoms with Gasteiger partial charge in [-0.05, 0) is 56.3 Å². The van der Waals surface area contributed by atoms with Crippen LogP contribution in [-0.4, -0.2) is 50.8 Å². The minimum absolute atomic E-state index is 0.0501. The highest BCUT2D eigenvalue weighted by Crippen LogP contribution is 2.71. The summed E-state index contributed by atoms with van der Waals surface area (Å²) < 4.78 is -0.616. The predicted octanol–water partition coefficient (Wildman–Crippen LogP) is 2.48. The minimum Gasteiger partial charge on any atom is -0.388 e. The zero-order chi connectivity index (χ0) is 20.5. The smallest absolute Gasteiger partial charge is 0.190 e. The molecule has 0 amide bonds. The second-order valence-corrected chi connectivity index (χ2v) is 10.7. The standard InChI is InChI=1S/C22H30O5S/c1-19-8-6-14(24)10-13(19)4-5-16-15-7-9-21(27,18(26)12-23)20(15,2)11-17(25)22(16,19)28-3/h10,15-16,23,27H,4-9,11-12H2,1-3H3/t15-,16-,19-,20-,21+,22-/m0/s1. The molecule has 0 unspecified atom stereocenters. The van der Waals surface area contributed by atoms with E-state index in [2.05, 4.69) is 6.92 Å². The summed E-state index contributed by atoms with van der Waals surface area (Å²) >= 11 is 1.62. The second kappa shape index (κ2) is 6.26. The highest BCUT2D eigenvalue weighted by molar-refractivity contribution is 8.00. The number of carbonyl (C=O) groups is 3. The van der Waals surface area contributed by atoms with E-state index in [1.165, 1.54) is 0 Å². The molecule has 4 aliphatic rings. The van der Waals surface area contributed by atoms with Crippen molar-refractivity contribution in [3.8, 4) is 0 Å². The Balaban J connectivity index is 1.84. The van der Waals surface area contributed by atoms with Crippen molar-refractivity contribution in [2.45, 2.75) is 69.1 Å². The number of aliphatic hydroxyl groups is 2. The third-order valence-electron chi connectivity index (χ3n) is 8.92. The molecule has 2 N–H and O–H groups in total. The van der Waals surface area contributed by atoms with Crippen LogP contribution >= 0.6 is 11.8 Å². The average Bonchev–Trinajstić information content (AvgIpc) is 2.93. The molecule has 154 valence electrons. The molecular formula is C22H30O5S. The molecule has 0 aromatic heterocycles. The Morgan fingerprint density at radius 3 is 2.54 bits per heavy atom. The summed E-state index contributed by atoms with van der Waals surface area (Å²) in [5.74, 6) is -0.206. The van der Waals surface area contributed by atoms with Crippen LogP contribution in [0, 0.1) is 22.7 Å². The van der Waals surface area contributed by atoms with Crippen LogP contribution in [0.15, 0.2) is 11.6 Å². The fourth-order valence-electron chi connectivity index (χ4n) is 7.40. The van der Waals surface area contributed by atoms with Gasteiger partial charge < -0.3 is 10.2 Å². The Bertz CT molecular complexity index is 790. The first kappa shape index (κ1) is 20.3. The third kappa shape index (κ3) is 2.15. The summed E-state index contributed by atoms with van der Waals surface area (Å²) in [5, 5.41) is 20.7. The molecule has 3 saturated carbocycles. The van der Waals surface area contributed by atoms with Gasteiger partial charge in [0.05, 0.1) is 4.75 Å². The van der Waals surface area contributed by atoms with Crippen LogP contribution < -0.4 is 0 Å². The zero-order valence-corrected chi connectivity index (χ0v) is 17.7. The number of allylic oxidation sites excluding steroid dienone is 1. The molecule has 0 heterocycles. The number of carbonyl (C=O) groups excluding carboxylic acids is 3. The van der Waals surface area contributed by atoms with Gasteiger partial charge in [0.25, 0.3) is 0 Å². The van der Waals surface area contributed by atoms with Crippen LogP contribution in [0.2, 0.25) is 0 Å². The Morgan fingerprint density at radius 1 is 1.18 bits per heavy atom. The Kier molecular flexibility index (Phi) is 4.54. The Hall–Kier alpha value is -0.980. The van der Waals surface area contributed by atoms with Crippen molar-refractivity contribution >= 4 is 29.1 Å². The highest BCUT2D eigenvalue weighted by Gasteiger charge is 2.73. The van der Waals surface area contributed by atoms with Gasteiger partial charge in [-0.25, -0.2) is 0 Å². The first-order valence-electron chi connectivity index (χ1n) is 10.3. The average molecular weight is 407 g/mol. The molecule has 4 rings (SSSR count). The van der Waals surface area contributed by atoms with Gasteiger partial charge >= 0.3 is 0 Å². The number of rotatable bonds is 3. The molecule has 3 fully saturated rings. The molecule has 0 aliphatic heterocycles. The number of hydrogen-bond acceptors (Lipinski definition) is 6. The van der Waals surface area contributed by atoms with E-state index in [0.717, 1.165) is 18.4 Å².